The third kappa shape index (κ3) is 3.85. The summed E-state index contributed by atoms with van der Waals surface area (Å²) < 4.78 is 31.2. The monoisotopic (exact) mass is 457 g/mol. The lowest BCUT2D eigenvalue weighted by molar-refractivity contribution is 0.609. The van der Waals surface area contributed by atoms with Crippen LogP contribution in [0.25, 0.3) is 34.4 Å². The second-order valence-corrected chi connectivity index (χ2v) is 8.01. The van der Waals surface area contributed by atoms with Gasteiger partial charge in [0, 0.05) is 23.9 Å². The van der Waals surface area contributed by atoms with Gasteiger partial charge >= 0.3 is 0 Å². The Morgan fingerprint density at radius 2 is 1.79 bits per heavy atom. The Kier molecular flexibility index (Phi) is 6.03. The maximum atomic E-state index is 15.5. The van der Waals surface area contributed by atoms with Crippen molar-refractivity contribution < 1.29 is 8.78 Å². The van der Waals surface area contributed by atoms with Crippen LogP contribution in [0.5, 0.6) is 0 Å². The van der Waals surface area contributed by atoms with E-state index >= 15 is 4.39 Å². The lowest BCUT2D eigenvalue weighted by atomic mass is 10.0. The smallest absolute Gasteiger partial charge is 0.150 e. The van der Waals surface area contributed by atoms with Gasteiger partial charge in [-0.25, -0.2) is 13.8 Å². The molecular formula is C27H25F2N5. The largest absolute Gasteiger partial charge is 0.388 e. The van der Waals surface area contributed by atoms with Crippen LogP contribution >= 0.6 is 0 Å². The number of amidine groups is 1. The number of nitrogens with one attached hydrogen (secondary N) is 2. The molecule has 0 aliphatic heterocycles. The molecule has 0 aliphatic carbocycles. The van der Waals surface area contributed by atoms with Crippen molar-refractivity contribution in [1.82, 2.24) is 9.55 Å². The number of aryl methyl sites for hydroxylation is 2. The highest BCUT2D eigenvalue weighted by molar-refractivity contribution is 6.00. The fourth-order valence-electron chi connectivity index (χ4n) is 3.99. The van der Waals surface area contributed by atoms with Crippen LogP contribution in [-0.2, 0) is 0 Å². The fraction of sp³-hybridized carbons (Fsp3) is 0.111. The second kappa shape index (κ2) is 8.94. The number of hydrogen-bond acceptors (Lipinski definition) is 3. The summed E-state index contributed by atoms with van der Waals surface area (Å²) in [6.07, 6.45) is 1.73. The van der Waals surface area contributed by atoms with Crippen LogP contribution in [0.15, 0.2) is 61.2 Å². The van der Waals surface area contributed by atoms with Crippen LogP contribution < -0.4 is 11.1 Å². The van der Waals surface area contributed by atoms with Crippen molar-refractivity contribution in [1.29, 1.82) is 5.41 Å². The van der Waals surface area contributed by atoms with Crippen molar-refractivity contribution in [2.75, 3.05) is 12.4 Å². The first-order valence-corrected chi connectivity index (χ1v) is 10.7. The number of halogens is 2. The first kappa shape index (κ1) is 22.9. The molecule has 0 bridgehead atoms. The summed E-state index contributed by atoms with van der Waals surface area (Å²) in [6.45, 7) is 7.17. The molecule has 0 radical (unpaired) electrons. The molecule has 1 aromatic heterocycles. The highest BCUT2D eigenvalue weighted by Gasteiger charge is 2.25. The van der Waals surface area contributed by atoms with E-state index < -0.39 is 5.82 Å². The molecule has 0 atom stereocenters. The minimum absolute atomic E-state index is 0.181. The lowest BCUT2D eigenvalue weighted by Crippen LogP contribution is -2.13. The summed E-state index contributed by atoms with van der Waals surface area (Å²) in [7, 11) is 1.80. The molecule has 34 heavy (non-hydrogen) atoms. The van der Waals surface area contributed by atoms with Crippen LogP contribution in [0.3, 0.4) is 0 Å². The molecular weight excluding hydrogens is 432 g/mol. The molecule has 172 valence electrons. The number of benzene rings is 3. The number of nitrogen functional groups attached to an aromatic ring is 1. The van der Waals surface area contributed by atoms with Crippen molar-refractivity contribution in [3.05, 3.63) is 95.2 Å². The topological polar surface area (TPSA) is 79.7 Å². The Bertz CT molecular complexity index is 1440. The molecule has 3 aromatic carbocycles. The summed E-state index contributed by atoms with van der Waals surface area (Å²) in [5, 5.41) is 11.3. The molecule has 4 aromatic rings. The van der Waals surface area contributed by atoms with E-state index in [0.29, 0.717) is 33.8 Å². The van der Waals surface area contributed by atoms with Gasteiger partial charge in [-0.15, -0.1) is 0 Å². The average Bonchev–Trinajstić information content (AvgIpc) is 3.23. The van der Waals surface area contributed by atoms with Gasteiger partial charge in [-0.05, 0) is 60.9 Å². The number of nitrogens with zero attached hydrogens (tertiary/aromatic N) is 2. The van der Waals surface area contributed by atoms with E-state index in [1.807, 2.05) is 18.2 Å². The second-order valence-electron chi connectivity index (χ2n) is 8.01. The van der Waals surface area contributed by atoms with Gasteiger partial charge in [-0.3, -0.25) is 9.98 Å². The van der Waals surface area contributed by atoms with Gasteiger partial charge < -0.3 is 11.1 Å². The lowest BCUT2D eigenvalue weighted by Gasteiger charge is -2.16. The average molecular weight is 458 g/mol. The van der Waals surface area contributed by atoms with E-state index in [4.69, 9.17) is 11.1 Å². The van der Waals surface area contributed by atoms with E-state index in [2.05, 4.69) is 16.9 Å². The molecule has 0 spiro atoms. The van der Waals surface area contributed by atoms with E-state index in [0.717, 1.165) is 11.3 Å². The Labute approximate surface area is 197 Å². The summed E-state index contributed by atoms with van der Waals surface area (Å²) >= 11 is 0. The Morgan fingerprint density at radius 1 is 1.06 bits per heavy atom. The Morgan fingerprint density at radius 3 is 2.44 bits per heavy atom. The summed E-state index contributed by atoms with van der Waals surface area (Å²) in [6, 6.07) is 15.3. The molecule has 4 rings (SSSR count). The third-order valence-corrected chi connectivity index (χ3v) is 5.78. The van der Waals surface area contributed by atoms with Crippen LogP contribution in [-0.4, -0.2) is 22.4 Å². The molecule has 0 aliphatic rings. The van der Waals surface area contributed by atoms with Crippen molar-refractivity contribution in [2.24, 2.45) is 5.73 Å². The number of hydrogen-bond donors (Lipinski definition) is 3. The fourth-order valence-corrected chi connectivity index (χ4v) is 3.99. The minimum Gasteiger partial charge on any atom is -0.388 e. The zero-order valence-corrected chi connectivity index (χ0v) is 19.2. The summed E-state index contributed by atoms with van der Waals surface area (Å²) in [5.74, 6) is -0.659. The molecule has 5 nitrogen and oxygen atoms in total. The molecule has 0 unspecified atom stereocenters. The maximum Gasteiger partial charge on any atom is 0.150 e. The predicted molar refractivity (Wildman–Crippen MR) is 134 cm³/mol. The predicted octanol–water partition coefficient (Wildman–Crippen LogP) is 6.07. The maximum absolute atomic E-state index is 15.5. The van der Waals surface area contributed by atoms with Crippen molar-refractivity contribution in [3.8, 4) is 28.3 Å². The first-order valence-electron chi connectivity index (χ1n) is 10.7. The van der Waals surface area contributed by atoms with Crippen molar-refractivity contribution in [2.45, 2.75) is 13.8 Å². The van der Waals surface area contributed by atoms with Crippen molar-refractivity contribution >= 4 is 17.6 Å². The van der Waals surface area contributed by atoms with Gasteiger partial charge in [0.2, 0.25) is 0 Å². The SMILES string of the molecule is C=Cc1ccc(-c2nc(C(=N)N)c(-c3ccc(F)c(C)c3)n2-c2cccc(C)c2F)cc1NC. The van der Waals surface area contributed by atoms with Crippen LogP contribution in [0.4, 0.5) is 14.5 Å². The Balaban J connectivity index is 2.14. The van der Waals surface area contributed by atoms with Crippen molar-refractivity contribution in [3.63, 3.8) is 0 Å². The standard InChI is InChI=1S/C27H25F2N5/c1-5-17-9-10-19(14-21(17)32-4)27-33-24(26(30)31)25(18-11-12-20(28)16(3)13-18)34(27)22-8-6-7-15(2)23(22)29/h5-14,32H,1H2,2-4H3,(H3,30,31). The number of rotatable bonds is 6. The van der Waals surface area contributed by atoms with Gasteiger partial charge in [0.1, 0.15) is 29.0 Å². The molecule has 4 N–H and O–H groups in total. The molecule has 1 heterocycles. The molecule has 0 saturated heterocycles. The Hall–Kier alpha value is -4.26. The molecule has 7 heteroatoms. The van der Waals surface area contributed by atoms with Crippen LogP contribution in [0.2, 0.25) is 0 Å². The van der Waals surface area contributed by atoms with Gasteiger partial charge in [-0.2, -0.15) is 0 Å². The van der Waals surface area contributed by atoms with E-state index in [1.54, 1.807) is 61.9 Å². The highest BCUT2D eigenvalue weighted by Crippen LogP contribution is 2.36. The van der Waals surface area contributed by atoms with Gasteiger partial charge in [0.05, 0.1) is 11.4 Å². The number of imidazole rings is 1. The van der Waals surface area contributed by atoms with Gasteiger partial charge in [0.25, 0.3) is 0 Å². The summed E-state index contributed by atoms with van der Waals surface area (Å²) in [4.78, 5) is 4.69. The molecule has 0 amide bonds. The van der Waals surface area contributed by atoms with Gasteiger partial charge in [0.15, 0.2) is 0 Å². The summed E-state index contributed by atoms with van der Waals surface area (Å²) in [5.41, 5.74) is 10.6. The minimum atomic E-state index is -0.423. The zero-order valence-electron chi connectivity index (χ0n) is 19.2. The zero-order chi connectivity index (χ0) is 24.6. The highest BCUT2D eigenvalue weighted by atomic mass is 19.1. The van der Waals surface area contributed by atoms with Crippen LogP contribution in [0, 0.1) is 30.9 Å². The first-order chi connectivity index (χ1) is 16.3. The van der Waals surface area contributed by atoms with E-state index in [-0.39, 0.29) is 23.0 Å². The van der Waals surface area contributed by atoms with Crippen LogP contribution in [0.1, 0.15) is 22.4 Å². The van der Waals surface area contributed by atoms with E-state index in [9.17, 15) is 4.39 Å². The quantitative estimate of drug-likeness (QED) is 0.243. The van der Waals surface area contributed by atoms with Gasteiger partial charge in [-0.1, -0.05) is 36.9 Å². The number of nitrogens with two attached hydrogens (primary N) is 1. The molecule has 0 fully saturated rings. The molecule has 0 saturated carbocycles. The number of anilines is 1. The number of aromatic nitrogens is 2. The third-order valence-electron chi connectivity index (χ3n) is 5.78. The van der Waals surface area contributed by atoms with E-state index in [1.165, 1.54) is 6.07 Å². The normalized spacial score (nSPS) is 10.9.